The van der Waals surface area contributed by atoms with Gasteiger partial charge >= 0.3 is 5.97 Å². The van der Waals surface area contributed by atoms with Crippen LogP contribution in [0.1, 0.15) is 29.3 Å². The highest BCUT2D eigenvalue weighted by Gasteiger charge is 2.60. The fraction of sp³-hybridized carbons (Fsp3) is 0.467. The van der Waals surface area contributed by atoms with Gasteiger partial charge in [-0.15, -0.1) is 0 Å². The molecule has 0 radical (unpaired) electrons. The molecular weight excluding hydrogens is 282 g/mol. The SMILES string of the molecule is CCCOC(=O)C1(C(F)F)Cc2cccc(OC)c2C1=O. The zero-order chi connectivity index (χ0) is 15.6. The first-order chi connectivity index (χ1) is 9.98. The molecule has 0 aliphatic heterocycles. The quantitative estimate of drug-likeness (QED) is 0.619. The van der Waals surface area contributed by atoms with E-state index in [2.05, 4.69) is 0 Å². The maximum Gasteiger partial charge on any atom is 0.326 e. The van der Waals surface area contributed by atoms with Gasteiger partial charge in [-0.3, -0.25) is 9.59 Å². The van der Waals surface area contributed by atoms with Gasteiger partial charge in [0.1, 0.15) is 5.75 Å². The summed E-state index contributed by atoms with van der Waals surface area (Å²) in [5.74, 6) is -1.89. The van der Waals surface area contributed by atoms with Crippen molar-refractivity contribution in [3.8, 4) is 5.75 Å². The average molecular weight is 298 g/mol. The molecule has 1 aliphatic rings. The molecule has 1 unspecified atom stereocenters. The molecule has 2 rings (SSSR count). The number of hydrogen-bond acceptors (Lipinski definition) is 4. The number of ether oxygens (including phenoxy) is 2. The topological polar surface area (TPSA) is 52.6 Å². The minimum Gasteiger partial charge on any atom is -0.496 e. The van der Waals surface area contributed by atoms with Crippen molar-refractivity contribution < 1.29 is 27.8 Å². The number of esters is 1. The number of benzene rings is 1. The minimum absolute atomic E-state index is 0.00800. The van der Waals surface area contributed by atoms with E-state index in [0.29, 0.717) is 12.0 Å². The van der Waals surface area contributed by atoms with Gasteiger partial charge in [-0.25, -0.2) is 8.78 Å². The maximum absolute atomic E-state index is 13.6. The van der Waals surface area contributed by atoms with Crippen molar-refractivity contribution >= 4 is 11.8 Å². The summed E-state index contributed by atoms with van der Waals surface area (Å²) in [6.07, 6.45) is -3.00. The molecule has 0 amide bonds. The van der Waals surface area contributed by atoms with Gasteiger partial charge in [0.05, 0.1) is 19.3 Å². The number of alkyl halides is 2. The molecule has 1 atom stereocenters. The maximum atomic E-state index is 13.6. The number of Topliss-reactive ketones (excluding diaryl/α,β-unsaturated/α-hetero) is 1. The second kappa shape index (κ2) is 5.79. The summed E-state index contributed by atoms with van der Waals surface area (Å²) in [5.41, 5.74) is -2.02. The molecule has 0 saturated heterocycles. The Bertz CT molecular complexity index is 571. The summed E-state index contributed by atoms with van der Waals surface area (Å²) in [4.78, 5) is 24.6. The van der Waals surface area contributed by atoms with Gasteiger partial charge in [-0.2, -0.15) is 0 Å². The van der Waals surface area contributed by atoms with E-state index in [4.69, 9.17) is 9.47 Å². The third-order valence-electron chi connectivity index (χ3n) is 3.61. The van der Waals surface area contributed by atoms with Crippen LogP contribution in [0, 0.1) is 5.41 Å². The molecule has 4 nitrogen and oxygen atoms in total. The Kier molecular flexibility index (Phi) is 4.25. The molecular formula is C15H16F2O4. The first-order valence-corrected chi connectivity index (χ1v) is 6.65. The Labute approximate surface area is 121 Å². The predicted molar refractivity (Wildman–Crippen MR) is 70.7 cm³/mol. The van der Waals surface area contributed by atoms with Gasteiger partial charge in [-0.05, 0) is 18.1 Å². The summed E-state index contributed by atoms with van der Waals surface area (Å²) >= 11 is 0. The van der Waals surface area contributed by atoms with E-state index in [9.17, 15) is 18.4 Å². The highest BCUT2D eigenvalue weighted by molar-refractivity contribution is 6.17. The molecule has 1 aromatic carbocycles. The van der Waals surface area contributed by atoms with Crippen molar-refractivity contribution in [3.63, 3.8) is 0 Å². The summed E-state index contributed by atoms with van der Waals surface area (Å²) in [5, 5.41) is 0. The molecule has 1 aromatic rings. The number of halogens is 2. The van der Waals surface area contributed by atoms with E-state index in [1.165, 1.54) is 13.2 Å². The molecule has 6 heteroatoms. The van der Waals surface area contributed by atoms with E-state index < -0.39 is 23.6 Å². The normalized spacial score (nSPS) is 20.5. The van der Waals surface area contributed by atoms with E-state index in [1.807, 2.05) is 0 Å². The molecule has 0 heterocycles. The zero-order valence-corrected chi connectivity index (χ0v) is 11.8. The Hall–Kier alpha value is -1.98. The van der Waals surface area contributed by atoms with Crippen LogP contribution in [-0.4, -0.2) is 31.9 Å². The van der Waals surface area contributed by atoms with Crippen LogP contribution in [0.25, 0.3) is 0 Å². The molecule has 0 fully saturated rings. The summed E-state index contributed by atoms with van der Waals surface area (Å²) in [7, 11) is 1.35. The third-order valence-corrected chi connectivity index (χ3v) is 3.61. The van der Waals surface area contributed by atoms with Gasteiger partial charge in [0.25, 0.3) is 6.43 Å². The molecule has 0 saturated carbocycles. The fourth-order valence-corrected chi connectivity index (χ4v) is 2.51. The average Bonchev–Trinajstić information content (AvgIpc) is 2.79. The Balaban J connectivity index is 2.47. The fourth-order valence-electron chi connectivity index (χ4n) is 2.51. The van der Waals surface area contributed by atoms with Crippen LogP contribution in [0.3, 0.4) is 0 Å². The van der Waals surface area contributed by atoms with Crippen molar-refractivity contribution in [3.05, 3.63) is 29.3 Å². The van der Waals surface area contributed by atoms with Crippen molar-refractivity contribution in [1.82, 2.24) is 0 Å². The lowest BCUT2D eigenvalue weighted by Crippen LogP contribution is -2.45. The van der Waals surface area contributed by atoms with Crippen molar-refractivity contribution in [1.29, 1.82) is 0 Å². The lowest BCUT2D eigenvalue weighted by atomic mass is 9.84. The lowest BCUT2D eigenvalue weighted by molar-refractivity contribution is -0.160. The number of carbonyl (C=O) groups is 2. The second-order valence-electron chi connectivity index (χ2n) is 4.91. The molecule has 0 aromatic heterocycles. The molecule has 21 heavy (non-hydrogen) atoms. The van der Waals surface area contributed by atoms with Crippen LogP contribution in [0.15, 0.2) is 18.2 Å². The van der Waals surface area contributed by atoms with Crippen molar-refractivity contribution in [2.45, 2.75) is 26.2 Å². The number of carbonyl (C=O) groups excluding carboxylic acids is 2. The van der Waals surface area contributed by atoms with Gasteiger partial charge in [-0.1, -0.05) is 19.1 Å². The first-order valence-electron chi connectivity index (χ1n) is 6.65. The molecule has 0 spiro atoms. The van der Waals surface area contributed by atoms with E-state index in [-0.39, 0.29) is 24.3 Å². The second-order valence-corrected chi connectivity index (χ2v) is 4.91. The molecule has 114 valence electrons. The van der Waals surface area contributed by atoms with E-state index in [1.54, 1.807) is 19.1 Å². The Morgan fingerprint density at radius 3 is 2.71 bits per heavy atom. The minimum atomic E-state index is -3.13. The summed E-state index contributed by atoms with van der Waals surface area (Å²) < 4.78 is 37.0. The number of rotatable bonds is 5. The number of methoxy groups -OCH3 is 1. The van der Waals surface area contributed by atoms with Gasteiger partial charge in [0.15, 0.2) is 11.2 Å². The molecule has 0 N–H and O–H groups in total. The van der Waals surface area contributed by atoms with E-state index >= 15 is 0 Å². The molecule has 0 bridgehead atoms. The van der Waals surface area contributed by atoms with Gasteiger partial charge in [0.2, 0.25) is 0 Å². The third kappa shape index (κ3) is 2.28. The van der Waals surface area contributed by atoms with Crippen molar-refractivity contribution in [2.75, 3.05) is 13.7 Å². The van der Waals surface area contributed by atoms with Crippen molar-refractivity contribution in [2.24, 2.45) is 5.41 Å². The summed E-state index contributed by atoms with van der Waals surface area (Å²) in [6, 6.07) is 4.66. The lowest BCUT2D eigenvalue weighted by Gasteiger charge is -2.24. The standard InChI is InChI=1S/C15H16F2O4/c1-3-7-21-14(19)15(13(16)17)8-9-5-4-6-10(20-2)11(9)12(15)18/h4-6,13H,3,7-8H2,1-2H3. The Morgan fingerprint density at radius 1 is 1.43 bits per heavy atom. The largest absolute Gasteiger partial charge is 0.496 e. The number of ketones is 1. The van der Waals surface area contributed by atoms with Crippen LogP contribution in [0.4, 0.5) is 8.78 Å². The van der Waals surface area contributed by atoms with Gasteiger partial charge < -0.3 is 9.47 Å². The van der Waals surface area contributed by atoms with Crippen LogP contribution >= 0.6 is 0 Å². The molecule has 1 aliphatic carbocycles. The highest BCUT2D eigenvalue weighted by atomic mass is 19.3. The Morgan fingerprint density at radius 2 is 2.14 bits per heavy atom. The van der Waals surface area contributed by atoms with E-state index in [0.717, 1.165) is 0 Å². The summed E-state index contributed by atoms with van der Waals surface area (Å²) in [6.45, 7) is 1.75. The number of fused-ring (bicyclic) bond motifs is 1. The van der Waals surface area contributed by atoms with Crippen LogP contribution < -0.4 is 4.74 Å². The van der Waals surface area contributed by atoms with Crippen LogP contribution in [0.2, 0.25) is 0 Å². The van der Waals surface area contributed by atoms with Crippen LogP contribution in [-0.2, 0) is 16.0 Å². The predicted octanol–water partition coefficient (Wildman–Crippen LogP) is 2.64. The first kappa shape index (κ1) is 15.4. The smallest absolute Gasteiger partial charge is 0.326 e. The number of hydrogen-bond donors (Lipinski definition) is 0. The monoisotopic (exact) mass is 298 g/mol. The highest BCUT2D eigenvalue weighted by Crippen LogP contribution is 2.45. The zero-order valence-electron chi connectivity index (χ0n) is 11.8. The van der Waals surface area contributed by atoms with Gasteiger partial charge in [0, 0.05) is 6.42 Å². The van der Waals surface area contributed by atoms with Crippen LogP contribution in [0.5, 0.6) is 5.75 Å².